The van der Waals surface area contributed by atoms with Crippen molar-refractivity contribution in [2.24, 2.45) is 5.41 Å². The number of likely N-dealkylation sites (N-methyl/N-ethyl adjacent to an activating group) is 1. The normalized spacial score (nSPS) is 24.8. The van der Waals surface area contributed by atoms with Gasteiger partial charge in [0, 0.05) is 13.2 Å². The van der Waals surface area contributed by atoms with E-state index in [4.69, 9.17) is 0 Å². The Morgan fingerprint density at radius 3 is 2.60 bits per heavy atom. The molecule has 1 unspecified atom stereocenters. The van der Waals surface area contributed by atoms with Gasteiger partial charge in [0.25, 0.3) is 0 Å². The van der Waals surface area contributed by atoms with Crippen LogP contribution in [0.2, 0.25) is 0 Å². The highest BCUT2D eigenvalue weighted by molar-refractivity contribution is 5.45. The van der Waals surface area contributed by atoms with Crippen molar-refractivity contribution in [3.63, 3.8) is 0 Å². The van der Waals surface area contributed by atoms with Gasteiger partial charge in [-0.2, -0.15) is 0 Å². The molecule has 0 bridgehead atoms. The fraction of sp³-hybridized carbons (Fsp3) is 0.429. The molecule has 1 heteroatoms. The third-order valence-corrected chi connectivity index (χ3v) is 3.00. The van der Waals surface area contributed by atoms with Gasteiger partial charge in [-0.25, -0.2) is 0 Å². The maximum absolute atomic E-state index is 2.32. The summed E-state index contributed by atoms with van der Waals surface area (Å²) in [6.07, 6.45) is 13.3. The van der Waals surface area contributed by atoms with Gasteiger partial charge >= 0.3 is 0 Å². The smallest absolute Gasteiger partial charge is 0.0721 e. The summed E-state index contributed by atoms with van der Waals surface area (Å²) in [5, 5.41) is 0. The molecule has 0 aromatic rings. The summed E-state index contributed by atoms with van der Waals surface area (Å²) in [4.78, 5) is 2.29. The van der Waals surface area contributed by atoms with E-state index in [1.54, 1.807) is 0 Å². The Hall–Kier alpha value is -1.24. The van der Waals surface area contributed by atoms with Crippen LogP contribution in [0, 0.1) is 5.41 Å². The summed E-state index contributed by atoms with van der Waals surface area (Å²) < 4.78 is 0. The molecule has 0 saturated carbocycles. The first kappa shape index (κ1) is 10.3. The van der Waals surface area contributed by atoms with Crippen molar-refractivity contribution in [2.45, 2.75) is 26.8 Å². The molecular formula is C14H19N. The van der Waals surface area contributed by atoms with E-state index in [1.165, 1.54) is 11.1 Å². The zero-order chi connectivity index (χ0) is 11.1. The first-order valence-electron chi connectivity index (χ1n) is 5.49. The van der Waals surface area contributed by atoms with E-state index >= 15 is 0 Å². The minimum absolute atomic E-state index is 0.223. The van der Waals surface area contributed by atoms with Crippen molar-refractivity contribution >= 4 is 0 Å². The van der Waals surface area contributed by atoms with Crippen LogP contribution in [0.3, 0.4) is 0 Å². The Bertz CT molecular complexity index is 375. The minimum atomic E-state index is 0.223. The molecule has 1 nitrogen and oxygen atoms in total. The average molecular weight is 201 g/mol. The lowest BCUT2D eigenvalue weighted by molar-refractivity contribution is 0.395. The molecular weight excluding hydrogens is 182 g/mol. The maximum Gasteiger partial charge on any atom is 0.0721 e. The van der Waals surface area contributed by atoms with E-state index in [0.29, 0.717) is 6.04 Å². The van der Waals surface area contributed by atoms with Crippen LogP contribution in [-0.2, 0) is 0 Å². The van der Waals surface area contributed by atoms with Crippen LogP contribution in [0.5, 0.6) is 0 Å². The molecule has 2 aliphatic rings. The van der Waals surface area contributed by atoms with Crippen molar-refractivity contribution in [3.05, 3.63) is 47.7 Å². The topological polar surface area (TPSA) is 3.24 Å². The van der Waals surface area contributed by atoms with Crippen LogP contribution in [0.25, 0.3) is 0 Å². The van der Waals surface area contributed by atoms with Gasteiger partial charge in [0.2, 0.25) is 0 Å². The number of hydrogen-bond donors (Lipinski definition) is 0. The number of allylic oxidation sites excluding steroid dienone is 4. The molecule has 0 saturated heterocycles. The van der Waals surface area contributed by atoms with Gasteiger partial charge in [0.1, 0.15) is 0 Å². The third-order valence-electron chi connectivity index (χ3n) is 3.00. The third kappa shape index (κ3) is 1.92. The Labute approximate surface area is 92.5 Å². The fourth-order valence-corrected chi connectivity index (χ4v) is 1.98. The van der Waals surface area contributed by atoms with E-state index in [9.17, 15) is 0 Å². The highest BCUT2D eigenvalue weighted by Gasteiger charge is 2.24. The zero-order valence-corrected chi connectivity index (χ0v) is 9.99. The molecule has 1 aliphatic heterocycles. The molecule has 0 aromatic carbocycles. The second-order valence-corrected chi connectivity index (χ2v) is 5.33. The molecule has 1 heterocycles. The highest BCUT2D eigenvalue weighted by Crippen LogP contribution is 2.33. The quantitative estimate of drug-likeness (QED) is 0.581. The molecule has 15 heavy (non-hydrogen) atoms. The second-order valence-electron chi connectivity index (χ2n) is 5.33. The van der Waals surface area contributed by atoms with Crippen molar-refractivity contribution in [2.75, 3.05) is 7.05 Å². The van der Waals surface area contributed by atoms with Gasteiger partial charge in [-0.05, 0) is 16.6 Å². The summed E-state index contributed by atoms with van der Waals surface area (Å²) >= 11 is 0. The Morgan fingerprint density at radius 2 is 1.93 bits per heavy atom. The predicted molar refractivity (Wildman–Crippen MR) is 65.5 cm³/mol. The molecule has 80 valence electrons. The molecule has 0 fully saturated rings. The molecule has 0 aromatic heterocycles. The van der Waals surface area contributed by atoms with Gasteiger partial charge < -0.3 is 4.90 Å². The summed E-state index contributed by atoms with van der Waals surface area (Å²) in [7, 11) is 2.15. The second kappa shape index (κ2) is 3.41. The van der Waals surface area contributed by atoms with Crippen LogP contribution in [0.4, 0.5) is 0 Å². The number of nitrogens with zero attached hydrogens (tertiary/aromatic N) is 1. The first-order chi connectivity index (χ1) is 6.98. The Morgan fingerprint density at radius 1 is 1.20 bits per heavy atom. The standard InChI is InChI=1S/C14H19N/c1-14(2,3)12-9-11-7-5-6-8-13(11)15(4)10-12/h5-10,13H,1-4H3. The fourth-order valence-electron chi connectivity index (χ4n) is 1.98. The summed E-state index contributed by atoms with van der Waals surface area (Å²) in [6, 6.07) is 0.432. The van der Waals surface area contributed by atoms with E-state index in [-0.39, 0.29) is 5.41 Å². The van der Waals surface area contributed by atoms with E-state index < -0.39 is 0 Å². The van der Waals surface area contributed by atoms with Crippen molar-refractivity contribution in [1.29, 1.82) is 0 Å². The lowest BCUT2D eigenvalue weighted by Gasteiger charge is -2.35. The molecule has 0 spiro atoms. The first-order valence-corrected chi connectivity index (χ1v) is 5.49. The lowest BCUT2D eigenvalue weighted by atomic mass is 9.82. The van der Waals surface area contributed by atoms with Crippen LogP contribution < -0.4 is 0 Å². The molecule has 0 N–H and O–H groups in total. The zero-order valence-electron chi connectivity index (χ0n) is 9.99. The van der Waals surface area contributed by atoms with Crippen LogP contribution in [0.15, 0.2) is 47.7 Å². The molecule has 0 amide bonds. The van der Waals surface area contributed by atoms with Crippen molar-refractivity contribution in [3.8, 4) is 0 Å². The molecule has 1 aliphatic carbocycles. The van der Waals surface area contributed by atoms with Crippen molar-refractivity contribution in [1.82, 2.24) is 4.90 Å². The number of hydrogen-bond acceptors (Lipinski definition) is 1. The number of fused-ring (bicyclic) bond motifs is 1. The predicted octanol–water partition coefficient (Wildman–Crippen LogP) is 3.28. The molecule has 2 rings (SSSR count). The Kier molecular flexibility index (Phi) is 2.34. The van der Waals surface area contributed by atoms with Gasteiger partial charge in [-0.3, -0.25) is 0 Å². The monoisotopic (exact) mass is 201 g/mol. The van der Waals surface area contributed by atoms with E-state index in [1.807, 2.05) is 0 Å². The van der Waals surface area contributed by atoms with Gasteiger partial charge in [-0.1, -0.05) is 51.2 Å². The number of rotatable bonds is 0. The maximum atomic E-state index is 2.32. The van der Waals surface area contributed by atoms with Crippen LogP contribution >= 0.6 is 0 Å². The Balaban J connectivity index is 2.37. The average Bonchev–Trinajstić information content (AvgIpc) is 2.16. The SMILES string of the molecule is CN1C=C(C(C)(C)C)C=C2C=CC=CC21. The van der Waals surface area contributed by atoms with E-state index in [2.05, 4.69) is 69.3 Å². The molecule has 0 radical (unpaired) electrons. The summed E-state index contributed by atoms with van der Waals surface area (Å²) in [5.41, 5.74) is 3.02. The van der Waals surface area contributed by atoms with Crippen LogP contribution in [0.1, 0.15) is 20.8 Å². The lowest BCUT2D eigenvalue weighted by Crippen LogP contribution is -2.32. The highest BCUT2D eigenvalue weighted by atomic mass is 15.1. The molecule has 1 atom stereocenters. The van der Waals surface area contributed by atoms with Crippen LogP contribution in [-0.4, -0.2) is 18.0 Å². The van der Waals surface area contributed by atoms with E-state index in [0.717, 1.165) is 0 Å². The van der Waals surface area contributed by atoms with Gasteiger partial charge in [-0.15, -0.1) is 0 Å². The van der Waals surface area contributed by atoms with Gasteiger partial charge in [0.05, 0.1) is 6.04 Å². The largest absolute Gasteiger partial charge is 0.370 e. The summed E-state index contributed by atoms with van der Waals surface area (Å²) in [5.74, 6) is 0. The van der Waals surface area contributed by atoms with Crippen molar-refractivity contribution < 1.29 is 0 Å². The van der Waals surface area contributed by atoms with Gasteiger partial charge in [0.15, 0.2) is 0 Å². The minimum Gasteiger partial charge on any atom is -0.370 e. The summed E-state index contributed by atoms with van der Waals surface area (Å²) in [6.45, 7) is 6.77.